The van der Waals surface area contributed by atoms with Gasteiger partial charge in [-0.05, 0) is 34.5 Å². The van der Waals surface area contributed by atoms with Crippen LogP contribution in [-0.2, 0) is 14.8 Å². The van der Waals surface area contributed by atoms with Crippen molar-refractivity contribution in [3.05, 3.63) is 22.4 Å². The molecule has 0 unspecified atom stereocenters. The molecule has 1 aromatic rings. The molecule has 9 heteroatoms. The summed E-state index contributed by atoms with van der Waals surface area (Å²) in [6, 6.07) is 2.04. The van der Waals surface area contributed by atoms with Crippen molar-refractivity contribution in [3.8, 4) is 0 Å². The molecule has 1 aromatic carbocycles. The Bertz CT molecular complexity index is 637. The summed E-state index contributed by atoms with van der Waals surface area (Å²) in [7, 11) is -2.54. The Balaban J connectivity index is 3.28. The molecule has 21 heavy (non-hydrogen) atoms. The van der Waals surface area contributed by atoms with E-state index in [1.807, 2.05) is 0 Å². The van der Waals surface area contributed by atoms with E-state index in [9.17, 15) is 17.6 Å². The summed E-state index contributed by atoms with van der Waals surface area (Å²) >= 11 is 3.02. The van der Waals surface area contributed by atoms with E-state index in [4.69, 9.17) is 5.73 Å². The normalized spacial score (nSPS) is 11.7. The average Bonchev–Trinajstić information content (AvgIpc) is 2.41. The SMILES string of the molecule is CCCN(CC(=O)NC)S(=O)(=O)c1cc(N)c(F)cc1Br. The van der Waals surface area contributed by atoms with Crippen molar-refractivity contribution in [1.82, 2.24) is 9.62 Å². The molecule has 1 amide bonds. The Morgan fingerprint density at radius 3 is 2.62 bits per heavy atom. The van der Waals surface area contributed by atoms with Crippen LogP contribution in [0.2, 0.25) is 0 Å². The van der Waals surface area contributed by atoms with Crippen molar-refractivity contribution < 1.29 is 17.6 Å². The highest BCUT2D eigenvalue weighted by atomic mass is 79.9. The van der Waals surface area contributed by atoms with Crippen LogP contribution in [0.1, 0.15) is 13.3 Å². The lowest BCUT2D eigenvalue weighted by Gasteiger charge is -2.21. The van der Waals surface area contributed by atoms with Gasteiger partial charge in [0.2, 0.25) is 15.9 Å². The molecule has 0 heterocycles. The van der Waals surface area contributed by atoms with Crippen molar-refractivity contribution >= 4 is 37.5 Å². The van der Waals surface area contributed by atoms with E-state index in [2.05, 4.69) is 21.2 Å². The summed E-state index contributed by atoms with van der Waals surface area (Å²) in [5, 5.41) is 2.37. The van der Waals surface area contributed by atoms with E-state index in [0.717, 1.165) is 16.4 Å². The number of nitrogens with zero attached hydrogens (tertiary/aromatic N) is 1. The Morgan fingerprint density at radius 2 is 2.10 bits per heavy atom. The molecule has 0 saturated heterocycles. The number of carbonyl (C=O) groups excluding carboxylic acids is 1. The van der Waals surface area contributed by atoms with Gasteiger partial charge in [0.05, 0.1) is 17.1 Å². The number of hydrogen-bond acceptors (Lipinski definition) is 4. The maximum Gasteiger partial charge on any atom is 0.244 e. The molecular formula is C12H17BrFN3O3S. The second-order valence-corrected chi connectivity index (χ2v) is 7.08. The number of rotatable bonds is 6. The third kappa shape index (κ3) is 4.14. The summed E-state index contributed by atoms with van der Waals surface area (Å²) in [4.78, 5) is 11.3. The van der Waals surface area contributed by atoms with Crippen LogP contribution in [0.4, 0.5) is 10.1 Å². The molecule has 0 aliphatic carbocycles. The summed E-state index contributed by atoms with van der Waals surface area (Å²) in [5.74, 6) is -1.15. The van der Waals surface area contributed by atoms with Gasteiger partial charge in [-0.15, -0.1) is 0 Å². The number of nitrogen functional groups attached to an aromatic ring is 1. The van der Waals surface area contributed by atoms with Crippen LogP contribution in [-0.4, -0.2) is 38.8 Å². The molecule has 1 rings (SSSR count). The Morgan fingerprint density at radius 1 is 1.48 bits per heavy atom. The third-order valence-electron chi connectivity index (χ3n) is 2.74. The maximum absolute atomic E-state index is 13.3. The van der Waals surface area contributed by atoms with Crippen molar-refractivity contribution in [2.24, 2.45) is 0 Å². The van der Waals surface area contributed by atoms with Crippen LogP contribution in [0.5, 0.6) is 0 Å². The molecule has 0 atom stereocenters. The number of carbonyl (C=O) groups is 1. The van der Waals surface area contributed by atoms with Crippen molar-refractivity contribution in [3.63, 3.8) is 0 Å². The predicted octanol–water partition coefficient (Wildman–Crippen LogP) is 1.32. The van der Waals surface area contributed by atoms with Gasteiger partial charge in [0.15, 0.2) is 0 Å². The largest absolute Gasteiger partial charge is 0.396 e. The molecule has 0 radical (unpaired) electrons. The highest BCUT2D eigenvalue weighted by Gasteiger charge is 2.28. The summed E-state index contributed by atoms with van der Waals surface area (Å²) in [6.45, 7) is 1.65. The number of nitrogens with two attached hydrogens (primary N) is 1. The van der Waals surface area contributed by atoms with Crippen molar-refractivity contribution in [2.45, 2.75) is 18.2 Å². The van der Waals surface area contributed by atoms with Crippen LogP contribution in [0, 0.1) is 5.82 Å². The van der Waals surface area contributed by atoms with Gasteiger partial charge in [0.1, 0.15) is 5.82 Å². The second-order valence-electron chi connectivity index (χ2n) is 4.32. The van der Waals surface area contributed by atoms with Gasteiger partial charge in [-0.2, -0.15) is 4.31 Å². The first-order chi connectivity index (χ1) is 9.73. The summed E-state index contributed by atoms with van der Waals surface area (Å²) in [6.07, 6.45) is 0.532. The lowest BCUT2D eigenvalue weighted by Crippen LogP contribution is -2.40. The second kappa shape index (κ2) is 7.19. The van der Waals surface area contributed by atoms with Crippen LogP contribution in [0.15, 0.2) is 21.5 Å². The van der Waals surface area contributed by atoms with Gasteiger partial charge in [0.25, 0.3) is 0 Å². The van der Waals surface area contributed by atoms with Crippen LogP contribution in [0.3, 0.4) is 0 Å². The number of sulfonamides is 1. The van der Waals surface area contributed by atoms with E-state index < -0.39 is 21.7 Å². The van der Waals surface area contributed by atoms with Gasteiger partial charge >= 0.3 is 0 Å². The first-order valence-corrected chi connectivity index (χ1v) is 8.42. The smallest absolute Gasteiger partial charge is 0.244 e. The molecule has 0 aliphatic rings. The van der Waals surface area contributed by atoms with E-state index in [1.165, 1.54) is 7.05 Å². The molecule has 3 N–H and O–H groups in total. The number of anilines is 1. The Labute approximate surface area is 131 Å². The van der Waals surface area contributed by atoms with E-state index in [1.54, 1.807) is 6.92 Å². The first-order valence-electron chi connectivity index (χ1n) is 6.19. The predicted molar refractivity (Wildman–Crippen MR) is 81.6 cm³/mol. The minimum absolute atomic E-state index is 0.0622. The number of hydrogen-bond donors (Lipinski definition) is 2. The van der Waals surface area contributed by atoms with Crippen molar-refractivity contribution in [2.75, 3.05) is 25.9 Å². The zero-order chi connectivity index (χ0) is 16.2. The van der Waals surface area contributed by atoms with Crippen molar-refractivity contribution in [1.29, 1.82) is 0 Å². The topological polar surface area (TPSA) is 92.5 Å². The molecular weight excluding hydrogens is 365 g/mol. The zero-order valence-electron chi connectivity index (χ0n) is 11.7. The number of amides is 1. The number of nitrogens with one attached hydrogen (secondary N) is 1. The zero-order valence-corrected chi connectivity index (χ0v) is 14.1. The molecule has 6 nitrogen and oxygen atoms in total. The molecule has 0 bridgehead atoms. The van der Waals surface area contributed by atoms with E-state index in [-0.39, 0.29) is 28.1 Å². The molecule has 0 saturated carbocycles. The number of benzene rings is 1. The number of likely N-dealkylation sites (N-methyl/N-ethyl adjacent to an activating group) is 1. The number of halogens is 2. The van der Waals surface area contributed by atoms with Crippen LogP contribution < -0.4 is 11.1 Å². The molecule has 0 aliphatic heterocycles. The highest BCUT2D eigenvalue weighted by Crippen LogP contribution is 2.29. The lowest BCUT2D eigenvalue weighted by molar-refractivity contribution is -0.120. The van der Waals surface area contributed by atoms with E-state index >= 15 is 0 Å². The quantitative estimate of drug-likeness (QED) is 0.726. The highest BCUT2D eigenvalue weighted by molar-refractivity contribution is 9.10. The fourth-order valence-electron chi connectivity index (χ4n) is 1.65. The fraction of sp³-hybridized carbons (Fsp3) is 0.417. The Kier molecular flexibility index (Phi) is 6.11. The van der Waals surface area contributed by atoms with Gasteiger partial charge in [-0.25, -0.2) is 12.8 Å². The molecule has 0 fully saturated rings. The standard InChI is InChI=1S/C12H17BrFN3O3S/c1-3-4-17(7-12(18)16-2)21(19,20)11-6-10(15)9(14)5-8(11)13/h5-6H,3-4,7,15H2,1-2H3,(H,16,18). The average molecular weight is 382 g/mol. The van der Waals surface area contributed by atoms with Gasteiger partial charge < -0.3 is 11.1 Å². The van der Waals surface area contributed by atoms with E-state index in [0.29, 0.717) is 6.42 Å². The summed E-state index contributed by atoms with van der Waals surface area (Å²) < 4.78 is 39.6. The van der Waals surface area contributed by atoms with Gasteiger partial charge in [-0.3, -0.25) is 4.79 Å². The van der Waals surface area contributed by atoms with Gasteiger partial charge in [0, 0.05) is 18.1 Å². The molecule has 0 aromatic heterocycles. The molecule has 0 spiro atoms. The minimum Gasteiger partial charge on any atom is -0.396 e. The Hall–Kier alpha value is -1.19. The fourth-order valence-corrected chi connectivity index (χ4v) is 4.15. The summed E-state index contributed by atoms with van der Waals surface area (Å²) in [5.41, 5.74) is 5.16. The lowest BCUT2D eigenvalue weighted by atomic mass is 10.3. The van der Waals surface area contributed by atoms with Gasteiger partial charge in [-0.1, -0.05) is 6.92 Å². The first kappa shape index (κ1) is 17.9. The monoisotopic (exact) mass is 381 g/mol. The van der Waals surface area contributed by atoms with Crippen LogP contribution >= 0.6 is 15.9 Å². The third-order valence-corrected chi connectivity index (χ3v) is 5.54. The van der Waals surface area contributed by atoms with Crippen LogP contribution in [0.25, 0.3) is 0 Å². The minimum atomic E-state index is -3.96. The molecule has 118 valence electrons. The maximum atomic E-state index is 13.3.